The van der Waals surface area contributed by atoms with Gasteiger partial charge in [0.25, 0.3) is 5.60 Å². The van der Waals surface area contributed by atoms with Crippen LogP contribution in [0.1, 0.15) is 5.56 Å². The summed E-state index contributed by atoms with van der Waals surface area (Å²) in [4.78, 5) is 12.3. The number of esters is 1. The van der Waals surface area contributed by atoms with Crippen molar-refractivity contribution in [1.82, 2.24) is 0 Å². The van der Waals surface area contributed by atoms with E-state index in [1.165, 1.54) is 24.3 Å². The summed E-state index contributed by atoms with van der Waals surface area (Å²) in [5.41, 5.74) is -3.47. The minimum absolute atomic E-state index is 0.00939. The Bertz CT molecular complexity index is 585. The van der Waals surface area contributed by atoms with Crippen LogP contribution in [0.5, 0.6) is 0 Å². The predicted molar refractivity (Wildman–Crippen MR) is 84.2 cm³/mol. The fourth-order valence-electron chi connectivity index (χ4n) is 2.68. The molecule has 1 saturated heterocycles. The standard InChI is InChI=1S/C16H21F3O4Si/c1-21-15(16(17,18)19,11-8-6-5-7-9-11)14(20)22-10-12-13(23-12)24(2,3)4/h5-9,12-13H,10H2,1-4H3/t12-,13-,15-/m0/s1. The van der Waals surface area contributed by atoms with Gasteiger partial charge in [-0.05, 0) is 0 Å². The zero-order valence-electron chi connectivity index (χ0n) is 14.0. The summed E-state index contributed by atoms with van der Waals surface area (Å²) in [5.74, 6) is -1.48. The zero-order chi connectivity index (χ0) is 18.2. The lowest BCUT2D eigenvalue weighted by atomic mass is 9.93. The van der Waals surface area contributed by atoms with Gasteiger partial charge >= 0.3 is 12.1 Å². The number of halogens is 3. The molecule has 0 saturated carbocycles. The molecule has 3 atom stereocenters. The Balaban J connectivity index is 2.18. The summed E-state index contributed by atoms with van der Waals surface area (Å²) in [5, 5.41) is 0. The quantitative estimate of drug-likeness (QED) is 0.443. The molecule has 1 aromatic rings. The van der Waals surface area contributed by atoms with Gasteiger partial charge in [0.1, 0.15) is 12.7 Å². The molecule has 4 nitrogen and oxygen atoms in total. The monoisotopic (exact) mass is 362 g/mol. The predicted octanol–water partition coefficient (Wildman–Crippen LogP) is 3.28. The van der Waals surface area contributed by atoms with Crippen molar-refractivity contribution in [3.05, 3.63) is 35.9 Å². The van der Waals surface area contributed by atoms with E-state index < -0.39 is 25.8 Å². The molecule has 0 aromatic heterocycles. The lowest BCUT2D eigenvalue weighted by Gasteiger charge is -2.32. The van der Waals surface area contributed by atoms with Gasteiger partial charge in [-0.1, -0.05) is 50.0 Å². The van der Waals surface area contributed by atoms with E-state index in [2.05, 4.69) is 24.4 Å². The Hall–Kier alpha value is -1.38. The van der Waals surface area contributed by atoms with Crippen LogP contribution < -0.4 is 0 Å². The zero-order valence-corrected chi connectivity index (χ0v) is 15.0. The summed E-state index contributed by atoms with van der Waals surface area (Å²) in [6.45, 7) is 6.04. The Kier molecular flexibility index (Phi) is 5.13. The number of rotatable bonds is 6. The Morgan fingerprint density at radius 2 is 1.79 bits per heavy atom. The number of alkyl halides is 3. The van der Waals surface area contributed by atoms with Gasteiger partial charge in [-0.2, -0.15) is 13.2 Å². The minimum atomic E-state index is -4.96. The van der Waals surface area contributed by atoms with Crippen LogP contribution in [0.4, 0.5) is 13.2 Å². The summed E-state index contributed by atoms with van der Waals surface area (Å²) >= 11 is 0. The molecule has 134 valence electrons. The van der Waals surface area contributed by atoms with E-state index in [1.54, 1.807) is 6.07 Å². The first-order chi connectivity index (χ1) is 11.0. The average Bonchev–Trinajstić information content (AvgIpc) is 3.26. The van der Waals surface area contributed by atoms with Crippen molar-refractivity contribution in [2.45, 2.75) is 43.2 Å². The highest BCUT2D eigenvalue weighted by atomic mass is 28.3. The van der Waals surface area contributed by atoms with Crippen LogP contribution in [0.2, 0.25) is 19.6 Å². The van der Waals surface area contributed by atoms with Gasteiger partial charge < -0.3 is 14.2 Å². The number of carbonyl (C=O) groups is 1. The number of methoxy groups -OCH3 is 1. The van der Waals surface area contributed by atoms with Gasteiger partial charge in [0.15, 0.2) is 0 Å². The molecule has 2 rings (SSSR count). The minimum Gasteiger partial charge on any atom is -0.460 e. The second-order valence-corrected chi connectivity index (χ2v) is 12.1. The maximum atomic E-state index is 13.7. The molecular weight excluding hydrogens is 341 g/mol. The molecule has 1 heterocycles. The van der Waals surface area contributed by atoms with Gasteiger partial charge in [-0.3, -0.25) is 0 Å². The Morgan fingerprint density at radius 1 is 1.21 bits per heavy atom. The fraction of sp³-hybridized carbons (Fsp3) is 0.562. The normalized spacial score (nSPS) is 23.5. The van der Waals surface area contributed by atoms with Crippen molar-refractivity contribution in [2.75, 3.05) is 13.7 Å². The number of benzene rings is 1. The van der Waals surface area contributed by atoms with Gasteiger partial charge in [-0.15, -0.1) is 0 Å². The molecule has 0 N–H and O–H groups in total. The van der Waals surface area contributed by atoms with E-state index in [0.29, 0.717) is 0 Å². The van der Waals surface area contributed by atoms with Crippen LogP contribution in [0.15, 0.2) is 30.3 Å². The molecule has 0 amide bonds. The number of hydrogen-bond donors (Lipinski definition) is 0. The second kappa shape index (κ2) is 6.49. The van der Waals surface area contributed by atoms with Crippen LogP contribution in [-0.2, 0) is 24.6 Å². The maximum Gasteiger partial charge on any atom is 0.432 e. The van der Waals surface area contributed by atoms with Crippen LogP contribution in [-0.4, -0.2) is 45.8 Å². The van der Waals surface area contributed by atoms with Crippen molar-refractivity contribution < 1.29 is 32.2 Å². The van der Waals surface area contributed by atoms with Crippen LogP contribution >= 0.6 is 0 Å². The lowest BCUT2D eigenvalue weighted by molar-refractivity contribution is -0.276. The Morgan fingerprint density at radius 3 is 2.21 bits per heavy atom. The van der Waals surface area contributed by atoms with Crippen molar-refractivity contribution in [1.29, 1.82) is 0 Å². The second-order valence-electron chi connectivity index (χ2n) is 6.81. The highest BCUT2D eigenvalue weighted by Crippen LogP contribution is 2.43. The molecule has 1 fully saturated rings. The van der Waals surface area contributed by atoms with Gasteiger partial charge in [0.05, 0.1) is 13.8 Å². The molecule has 0 bridgehead atoms. The summed E-state index contributed by atoms with van der Waals surface area (Å²) in [6.07, 6.45) is -5.29. The van der Waals surface area contributed by atoms with E-state index in [1.807, 2.05) is 0 Å². The lowest BCUT2D eigenvalue weighted by Crippen LogP contribution is -2.52. The molecule has 0 unspecified atom stereocenters. The van der Waals surface area contributed by atoms with Gasteiger partial charge in [0.2, 0.25) is 0 Å². The maximum absolute atomic E-state index is 13.7. The first-order valence-corrected chi connectivity index (χ1v) is 11.1. The average molecular weight is 362 g/mol. The van der Waals surface area contributed by atoms with Crippen LogP contribution in [0, 0.1) is 0 Å². The first-order valence-electron chi connectivity index (χ1n) is 7.54. The number of carbonyl (C=O) groups excluding carboxylic acids is 1. The van der Waals surface area contributed by atoms with E-state index in [0.717, 1.165) is 7.11 Å². The highest BCUT2D eigenvalue weighted by Gasteiger charge is 2.64. The van der Waals surface area contributed by atoms with Crippen LogP contribution in [0.3, 0.4) is 0 Å². The third-order valence-electron chi connectivity index (χ3n) is 3.99. The smallest absolute Gasteiger partial charge is 0.432 e. The molecule has 0 aliphatic carbocycles. The van der Waals surface area contributed by atoms with Crippen molar-refractivity contribution in [3.8, 4) is 0 Å². The summed E-state index contributed by atoms with van der Waals surface area (Å²) in [7, 11) is -0.733. The Labute approximate surface area is 139 Å². The number of epoxide rings is 1. The van der Waals surface area contributed by atoms with Gasteiger partial charge in [-0.25, -0.2) is 4.79 Å². The van der Waals surface area contributed by atoms with E-state index >= 15 is 0 Å². The van der Waals surface area contributed by atoms with Crippen molar-refractivity contribution in [3.63, 3.8) is 0 Å². The van der Waals surface area contributed by atoms with E-state index in [-0.39, 0.29) is 24.0 Å². The highest BCUT2D eigenvalue weighted by molar-refractivity contribution is 6.78. The molecule has 24 heavy (non-hydrogen) atoms. The molecule has 0 spiro atoms. The van der Waals surface area contributed by atoms with Crippen molar-refractivity contribution in [2.24, 2.45) is 0 Å². The molecule has 8 heteroatoms. The number of ether oxygens (including phenoxy) is 3. The third kappa shape index (κ3) is 3.50. The fourth-order valence-corrected chi connectivity index (χ4v) is 4.47. The summed E-state index contributed by atoms with van der Waals surface area (Å²) < 4.78 is 56.0. The molecule has 1 aliphatic heterocycles. The SMILES string of the molecule is CO[C@](C(=O)OC[C@@H]1O[C@H]1[Si](C)(C)C)(c1ccccc1)C(F)(F)F. The van der Waals surface area contributed by atoms with E-state index in [9.17, 15) is 18.0 Å². The van der Waals surface area contributed by atoms with E-state index in [4.69, 9.17) is 9.47 Å². The van der Waals surface area contributed by atoms with Crippen LogP contribution in [0.25, 0.3) is 0 Å². The molecular formula is C16H21F3O4Si. The topological polar surface area (TPSA) is 48.1 Å². The third-order valence-corrected chi connectivity index (χ3v) is 6.20. The van der Waals surface area contributed by atoms with Crippen molar-refractivity contribution >= 4 is 14.0 Å². The molecule has 1 aliphatic rings. The first kappa shape index (κ1) is 18.9. The molecule has 0 radical (unpaired) electrons. The largest absolute Gasteiger partial charge is 0.460 e. The number of hydrogen-bond acceptors (Lipinski definition) is 4. The van der Waals surface area contributed by atoms with Gasteiger partial charge in [0, 0.05) is 12.7 Å². The molecule has 1 aromatic carbocycles. The summed E-state index contributed by atoms with van der Waals surface area (Å²) in [6, 6.07) is 6.76.